The molecule has 32 heavy (non-hydrogen) atoms. The monoisotopic (exact) mass is 445 g/mol. The van der Waals surface area contributed by atoms with Crippen molar-refractivity contribution in [3.63, 3.8) is 0 Å². The number of methoxy groups -OCH3 is 1. The first-order valence-electron chi connectivity index (χ1n) is 10.1. The van der Waals surface area contributed by atoms with Crippen molar-refractivity contribution >= 4 is 23.4 Å². The molecule has 2 heterocycles. The van der Waals surface area contributed by atoms with Gasteiger partial charge in [0.15, 0.2) is 11.0 Å². The molecule has 0 atom stereocenters. The third-order valence-corrected chi connectivity index (χ3v) is 5.78. The summed E-state index contributed by atoms with van der Waals surface area (Å²) in [5.41, 5.74) is 4.38. The molecule has 2 aromatic carbocycles. The minimum absolute atomic E-state index is 0.113. The molecule has 0 radical (unpaired) electrons. The number of carbonyl (C=O) groups is 1. The second-order valence-electron chi connectivity index (χ2n) is 7.18. The smallest absolute Gasteiger partial charge is 0.234 e. The number of rotatable bonds is 7. The maximum Gasteiger partial charge on any atom is 0.234 e. The van der Waals surface area contributed by atoms with Gasteiger partial charge in [0.05, 0.1) is 18.6 Å². The first-order valence-corrected chi connectivity index (χ1v) is 11.1. The molecule has 4 aromatic rings. The number of thioether (sulfide) groups is 1. The fourth-order valence-electron chi connectivity index (χ4n) is 3.24. The van der Waals surface area contributed by atoms with Crippen molar-refractivity contribution in [3.05, 3.63) is 78.0 Å². The summed E-state index contributed by atoms with van der Waals surface area (Å²) in [6.07, 6.45) is 1.71. The van der Waals surface area contributed by atoms with Gasteiger partial charge >= 0.3 is 0 Å². The van der Waals surface area contributed by atoms with Crippen LogP contribution in [-0.4, -0.2) is 38.5 Å². The molecule has 0 fully saturated rings. The summed E-state index contributed by atoms with van der Waals surface area (Å²) in [6, 6.07) is 19.2. The molecule has 0 aliphatic rings. The van der Waals surface area contributed by atoms with Gasteiger partial charge in [0.2, 0.25) is 5.91 Å². The van der Waals surface area contributed by atoms with Gasteiger partial charge in [-0.1, -0.05) is 42.1 Å². The number of hydrogen-bond acceptors (Lipinski definition) is 6. The molecule has 0 saturated heterocycles. The summed E-state index contributed by atoms with van der Waals surface area (Å²) in [6.45, 7) is 3.97. The van der Waals surface area contributed by atoms with Gasteiger partial charge in [0, 0.05) is 11.9 Å². The van der Waals surface area contributed by atoms with Crippen molar-refractivity contribution in [1.29, 1.82) is 0 Å². The van der Waals surface area contributed by atoms with Gasteiger partial charge in [-0.25, -0.2) is 0 Å². The largest absolute Gasteiger partial charge is 0.495 e. The van der Waals surface area contributed by atoms with Crippen LogP contribution in [0.25, 0.3) is 17.2 Å². The lowest BCUT2D eigenvalue weighted by Crippen LogP contribution is -2.15. The topological polar surface area (TPSA) is 81.9 Å². The lowest BCUT2D eigenvalue weighted by molar-refractivity contribution is -0.113. The second kappa shape index (κ2) is 9.65. The highest BCUT2D eigenvalue weighted by Crippen LogP contribution is 2.32. The van der Waals surface area contributed by atoms with Gasteiger partial charge < -0.3 is 10.1 Å². The number of aryl methyl sites for hydroxylation is 2. The molecule has 0 saturated carbocycles. The van der Waals surface area contributed by atoms with E-state index in [1.165, 1.54) is 11.8 Å². The number of aromatic nitrogens is 4. The highest BCUT2D eigenvalue weighted by Gasteiger charge is 2.20. The van der Waals surface area contributed by atoms with Gasteiger partial charge in [0.25, 0.3) is 0 Å². The Morgan fingerprint density at radius 2 is 1.88 bits per heavy atom. The fourth-order valence-corrected chi connectivity index (χ4v) is 3.99. The molecule has 1 N–H and O–H groups in total. The zero-order valence-corrected chi connectivity index (χ0v) is 18.9. The number of hydrogen-bond donors (Lipinski definition) is 1. The summed E-state index contributed by atoms with van der Waals surface area (Å²) >= 11 is 1.31. The normalized spacial score (nSPS) is 10.7. The predicted octanol–water partition coefficient (Wildman–Crippen LogP) is 4.69. The van der Waals surface area contributed by atoms with Crippen LogP contribution in [0.2, 0.25) is 0 Å². The highest BCUT2D eigenvalue weighted by atomic mass is 32.2. The molecule has 4 rings (SSSR count). The first-order chi connectivity index (χ1) is 15.6. The van der Waals surface area contributed by atoms with Gasteiger partial charge in [-0.05, 0) is 55.3 Å². The van der Waals surface area contributed by atoms with Crippen LogP contribution in [0.1, 0.15) is 11.1 Å². The zero-order valence-electron chi connectivity index (χ0n) is 18.1. The maximum absolute atomic E-state index is 12.7. The van der Waals surface area contributed by atoms with Gasteiger partial charge in [-0.15, -0.1) is 10.2 Å². The Balaban J connectivity index is 1.63. The summed E-state index contributed by atoms with van der Waals surface area (Å²) in [4.78, 5) is 17.1. The van der Waals surface area contributed by atoms with E-state index in [1.807, 2.05) is 79.1 Å². The summed E-state index contributed by atoms with van der Waals surface area (Å²) in [7, 11) is 1.62. The molecule has 8 heteroatoms. The van der Waals surface area contributed by atoms with E-state index >= 15 is 0 Å². The standard InChI is InChI=1S/C24H23N5O2S/c1-16-11-12-17(2)19(14-16)26-22(30)15-32-24-28-27-23(18-8-6-7-13-25-18)29(24)20-9-4-5-10-21(20)31-3/h4-14H,15H2,1-3H3,(H,26,30). The van der Waals surface area contributed by atoms with E-state index in [4.69, 9.17) is 4.74 Å². The average molecular weight is 446 g/mol. The maximum atomic E-state index is 12.7. The molecular weight excluding hydrogens is 422 g/mol. The number of amides is 1. The summed E-state index contributed by atoms with van der Waals surface area (Å²) < 4.78 is 7.43. The number of nitrogens with one attached hydrogen (secondary N) is 1. The molecular formula is C24H23N5O2S. The Morgan fingerprint density at radius 3 is 2.66 bits per heavy atom. The van der Waals surface area contributed by atoms with Crippen LogP contribution in [0.5, 0.6) is 5.75 Å². The van der Waals surface area contributed by atoms with Crippen molar-refractivity contribution in [3.8, 4) is 23.0 Å². The van der Waals surface area contributed by atoms with E-state index in [0.717, 1.165) is 22.5 Å². The highest BCUT2D eigenvalue weighted by molar-refractivity contribution is 7.99. The van der Waals surface area contributed by atoms with Crippen molar-refractivity contribution in [2.75, 3.05) is 18.2 Å². The van der Waals surface area contributed by atoms with Crippen molar-refractivity contribution < 1.29 is 9.53 Å². The van der Waals surface area contributed by atoms with Crippen molar-refractivity contribution in [1.82, 2.24) is 19.7 Å². The molecule has 2 aromatic heterocycles. The number of pyridine rings is 1. The van der Waals surface area contributed by atoms with Crippen LogP contribution in [0.4, 0.5) is 5.69 Å². The minimum atomic E-state index is -0.113. The Bertz CT molecular complexity index is 1240. The van der Waals surface area contributed by atoms with E-state index in [-0.39, 0.29) is 11.7 Å². The van der Waals surface area contributed by atoms with Crippen LogP contribution in [0.3, 0.4) is 0 Å². The van der Waals surface area contributed by atoms with Crippen LogP contribution in [0.15, 0.2) is 72.0 Å². The van der Waals surface area contributed by atoms with E-state index < -0.39 is 0 Å². The Hall–Kier alpha value is -3.65. The molecule has 0 aliphatic carbocycles. The summed E-state index contributed by atoms with van der Waals surface area (Å²) in [5, 5.41) is 12.3. The van der Waals surface area contributed by atoms with Gasteiger partial charge in [-0.3, -0.25) is 14.3 Å². The minimum Gasteiger partial charge on any atom is -0.495 e. The molecule has 0 spiro atoms. The van der Waals surface area contributed by atoms with Crippen LogP contribution in [-0.2, 0) is 4.79 Å². The number of carbonyl (C=O) groups excluding carboxylic acids is 1. The second-order valence-corrected chi connectivity index (χ2v) is 8.13. The molecule has 7 nitrogen and oxygen atoms in total. The molecule has 0 bridgehead atoms. The van der Waals surface area contributed by atoms with E-state index in [0.29, 0.717) is 22.4 Å². The molecule has 0 aliphatic heterocycles. The Kier molecular flexibility index (Phi) is 6.51. The van der Waals surface area contributed by atoms with Gasteiger partial charge in [-0.2, -0.15) is 0 Å². The fraction of sp³-hybridized carbons (Fsp3) is 0.167. The third-order valence-electron chi connectivity index (χ3n) is 4.85. The van der Waals surface area contributed by atoms with Gasteiger partial charge in [0.1, 0.15) is 11.4 Å². The first kappa shape index (κ1) is 21.6. The Labute approximate surface area is 190 Å². The van der Waals surface area contributed by atoms with Crippen LogP contribution >= 0.6 is 11.8 Å². The molecule has 0 unspecified atom stereocenters. The SMILES string of the molecule is COc1ccccc1-n1c(SCC(=O)Nc2cc(C)ccc2C)nnc1-c1ccccn1. The summed E-state index contributed by atoms with van der Waals surface area (Å²) in [5.74, 6) is 1.32. The number of anilines is 1. The van der Waals surface area contributed by atoms with E-state index in [2.05, 4.69) is 20.5 Å². The average Bonchev–Trinajstić information content (AvgIpc) is 3.24. The number of nitrogens with zero attached hydrogens (tertiary/aromatic N) is 4. The predicted molar refractivity (Wildman–Crippen MR) is 126 cm³/mol. The number of para-hydroxylation sites is 2. The van der Waals surface area contributed by atoms with Crippen molar-refractivity contribution in [2.24, 2.45) is 0 Å². The quantitative estimate of drug-likeness (QED) is 0.416. The van der Waals surface area contributed by atoms with Crippen LogP contribution in [0, 0.1) is 13.8 Å². The number of benzene rings is 2. The van der Waals surface area contributed by atoms with Crippen molar-refractivity contribution in [2.45, 2.75) is 19.0 Å². The number of ether oxygens (including phenoxy) is 1. The lowest BCUT2D eigenvalue weighted by Gasteiger charge is -2.13. The Morgan fingerprint density at radius 1 is 1.06 bits per heavy atom. The van der Waals surface area contributed by atoms with E-state index in [9.17, 15) is 4.79 Å². The molecule has 1 amide bonds. The molecule has 162 valence electrons. The third kappa shape index (κ3) is 4.65. The van der Waals surface area contributed by atoms with Crippen LogP contribution < -0.4 is 10.1 Å². The lowest BCUT2D eigenvalue weighted by atomic mass is 10.1. The van der Waals surface area contributed by atoms with E-state index in [1.54, 1.807) is 13.3 Å². The zero-order chi connectivity index (χ0) is 22.5.